The van der Waals surface area contributed by atoms with Crippen molar-refractivity contribution in [2.45, 2.75) is 5.66 Å². The summed E-state index contributed by atoms with van der Waals surface area (Å²) in [5.74, 6) is 0.490. The Morgan fingerprint density at radius 1 is 1.09 bits per heavy atom. The van der Waals surface area contributed by atoms with Crippen molar-refractivity contribution in [3.05, 3.63) is 54.1 Å². The molecular formula is C15H14F2N5P. The molecule has 3 aromatic rings. The number of aryl methyl sites for hydroxylation is 1. The molecule has 0 radical (unpaired) electrons. The Kier molecular flexibility index (Phi) is 4.05. The summed E-state index contributed by atoms with van der Waals surface area (Å²) in [6.07, 6.45) is 0. The Labute approximate surface area is 133 Å². The molecule has 1 unspecified atom stereocenters. The Morgan fingerprint density at radius 2 is 1.78 bits per heavy atom. The summed E-state index contributed by atoms with van der Waals surface area (Å²) in [6, 6.07) is 13.5. The van der Waals surface area contributed by atoms with Gasteiger partial charge in [-0.05, 0) is 29.5 Å². The third-order valence-electron chi connectivity index (χ3n) is 3.23. The average Bonchev–Trinajstić information content (AvgIpc) is 2.94. The second-order valence-corrected chi connectivity index (χ2v) is 5.70. The lowest BCUT2D eigenvalue weighted by molar-refractivity contribution is 0.104. The van der Waals surface area contributed by atoms with Crippen LogP contribution < -0.4 is 5.32 Å². The lowest BCUT2D eigenvalue weighted by Crippen LogP contribution is -2.02. The number of anilines is 2. The van der Waals surface area contributed by atoms with E-state index in [4.69, 9.17) is 0 Å². The molecule has 1 N–H and O–H groups in total. The van der Waals surface area contributed by atoms with Gasteiger partial charge in [-0.3, -0.25) is 0 Å². The summed E-state index contributed by atoms with van der Waals surface area (Å²) in [5, 5.41) is 15.2. The SMILES string of the molecule is Cn1nnc(-c2ccccc2Nc2ccc(C(F)(F)P)cc2)n1. The molecule has 2 aromatic carbocycles. The van der Waals surface area contributed by atoms with Gasteiger partial charge < -0.3 is 5.32 Å². The highest BCUT2D eigenvalue weighted by molar-refractivity contribution is 7.17. The van der Waals surface area contributed by atoms with E-state index in [2.05, 4.69) is 20.7 Å². The molecular weight excluding hydrogens is 319 g/mol. The first kappa shape index (κ1) is 15.5. The molecule has 8 heteroatoms. The van der Waals surface area contributed by atoms with Gasteiger partial charge in [-0.2, -0.15) is 13.6 Å². The van der Waals surface area contributed by atoms with Crippen molar-refractivity contribution in [3.8, 4) is 11.4 Å². The van der Waals surface area contributed by atoms with Gasteiger partial charge in [-0.15, -0.1) is 10.2 Å². The summed E-state index contributed by atoms with van der Waals surface area (Å²) in [5.41, 5.74) is -0.747. The maximum atomic E-state index is 13.2. The minimum absolute atomic E-state index is 0.0584. The zero-order valence-corrected chi connectivity index (χ0v) is 13.4. The Balaban J connectivity index is 1.89. The molecule has 0 amide bonds. The summed E-state index contributed by atoms with van der Waals surface area (Å²) >= 11 is 0. The second kappa shape index (κ2) is 6.01. The van der Waals surface area contributed by atoms with Crippen molar-refractivity contribution in [2.24, 2.45) is 7.05 Å². The molecule has 0 aliphatic rings. The standard InChI is InChI=1S/C15H14F2N5P/c1-22-20-14(19-21-22)12-4-2-3-5-13(12)18-11-8-6-10(7-9-11)15(16,17)23/h2-9,18H,23H2,1H3. The Bertz CT molecular complexity index is 811. The Hall–Kier alpha value is -2.40. The number of hydrogen-bond donors (Lipinski definition) is 1. The molecule has 23 heavy (non-hydrogen) atoms. The van der Waals surface area contributed by atoms with Gasteiger partial charge in [0.1, 0.15) is 0 Å². The highest BCUT2D eigenvalue weighted by atomic mass is 31.0. The van der Waals surface area contributed by atoms with E-state index in [9.17, 15) is 8.78 Å². The number of nitrogens with zero attached hydrogens (tertiary/aromatic N) is 4. The van der Waals surface area contributed by atoms with Crippen LogP contribution in [0.15, 0.2) is 48.5 Å². The van der Waals surface area contributed by atoms with Gasteiger partial charge in [0.05, 0.1) is 7.05 Å². The van der Waals surface area contributed by atoms with Crippen LogP contribution in [-0.4, -0.2) is 20.2 Å². The van der Waals surface area contributed by atoms with Crippen LogP contribution in [0.3, 0.4) is 0 Å². The molecule has 1 heterocycles. The van der Waals surface area contributed by atoms with Crippen LogP contribution >= 0.6 is 9.24 Å². The van der Waals surface area contributed by atoms with Gasteiger partial charge in [-0.25, -0.2) is 0 Å². The van der Waals surface area contributed by atoms with Crippen LogP contribution in [0.4, 0.5) is 20.2 Å². The molecule has 0 bridgehead atoms. The molecule has 0 aliphatic heterocycles. The number of aromatic nitrogens is 4. The van der Waals surface area contributed by atoms with Gasteiger partial charge in [0.2, 0.25) is 5.82 Å². The number of hydrogen-bond acceptors (Lipinski definition) is 4. The summed E-state index contributed by atoms with van der Waals surface area (Å²) in [6.45, 7) is 0. The van der Waals surface area contributed by atoms with Crippen molar-refractivity contribution in [3.63, 3.8) is 0 Å². The molecule has 118 valence electrons. The van der Waals surface area contributed by atoms with Crippen LogP contribution in [0.2, 0.25) is 0 Å². The fourth-order valence-corrected chi connectivity index (χ4v) is 2.30. The van der Waals surface area contributed by atoms with E-state index in [1.54, 1.807) is 19.2 Å². The first-order chi connectivity index (χ1) is 10.9. The zero-order valence-electron chi connectivity index (χ0n) is 12.2. The normalized spacial score (nSPS) is 11.5. The topological polar surface area (TPSA) is 55.6 Å². The second-order valence-electron chi connectivity index (χ2n) is 4.97. The predicted octanol–water partition coefficient (Wildman–Crippen LogP) is 3.55. The van der Waals surface area contributed by atoms with Gasteiger partial charge in [-0.1, -0.05) is 33.5 Å². The average molecular weight is 333 g/mol. The highest BCUT2D eigenvalue weighted by Gasteiger charge is 2.23. The van der Waals surface area contributed by atoms with Crippen LogP contribution in [0.25, 0.3) is 11.4 Å². The smallest absolute Gasteiger partial charge is 0.283 e. The monoisotopic (exact) mass is 333 g/mol. The molecule has 1 aromatic heterocycles. The number of alkyl halides is 2. The number of rotatable bonds is 4. The van der Waals surface area contributed by atoms with Crippen molar-refractivity contribution < 1.29 is 8.78 Å². The van der Waals surface area contributed by atoms with Gasteiger partial charge in [0, 0.05) is 22.5 Å². The quantitative estimate of drug-likeness (QED) is 0.742. The third-order valence-corrected chi connectivity index (χ3v) is 3.56. The lowest BCUT2D eigenvalue weighted by atomic mass is 10.1. The molecule has 0 saturated heterocycles. The van der Waals surface area contributed by atoms with Crippen molar-refractivity contribution in [1.29, 1.82) is 0 Å². The van der Waals surface area contributed by atoms with Gasteiger partial charge in [0.25, 0.3) is 5.66 Å². The van der Waals surface area contributed by atoms with Crippen LogP contribution in [0.5, 0.6) is 0 Å². The van der Waals surface area contributed by atoms with E-state index in [0.717, 1.165) is 11.3 Å². The Morgan fingerprint density at radius 3 is 2.39 bits per heavy atom. The minimum atomic E-state index is -2.93. The van der Waals surface area contributed by atoms with E-state index in [1.807, 2.05) is 24.3 Å². The van der Waals surface area contributed by atoms with E-state index in [-0.39, 0.29) is 5.56 Å². The predicted molar refractivity (Wildman–Crippen MR) is 87.6 cm³/mol. The summed E-state index contributed by atoms with van der Waals surface area (Å²) in [7, 11) is 3.22. The third kappa shape index (κ3) is 3.51. The highest BCUT2D eigenvalue weighted by Crippen LogP contribution is 2.35. The molecule has 0 aliphatic carbocycles. The van der Waals surface area contributed by atoms with Gasteiger partial charge in [0.15, 0.2) is 0 Å². The first-order valence-corrected chi connectivity index (χ1v) is 7.39. The van der Waals surface area contributed by atoms with E-state index in [0.29, 0.717) is 11.5 Å². The fraction of sp³-hybridized carbons (Fsp3) is 0.133. The van der Waals surface area contributed by atoms with Crippen molar-refractivity contribution in [1.82, 2.24) is 20.2 Å². The largest absolute Gasteiger partial charge is 0.355 e. The number of halogens is 2. The molecule has 0 fully saturated rings. The number of benzene rings is 2. The number of nitrogens with one attached hydrogen (secondary N) is 1. The van der Waals surface area contributed by atoms with Gasteiger partial charge >= 0.3 is 0 Å². The lowest BCUT2D eigenvalue weighted by Gasteiger charge is -2.13. The van der Waals surface area contributed by atoms with E-state index < -0.39 is 5.66 Å². The molecule has 1 atom stereocenters. The zero-order chi connectivity index (χ0) is 16.4. The van der Waals surface area contributed by atoms with E-state index in [1.165, 1.54) is 26.2 Å². The number of para-hydroxylation sites is 1. The maximum Gasteiger partial charge on any atom is 0.283 e. The van der Waals surface area contributed by atoms with Crippen molar-refractivity contribution in [2.75, 3.05) is 5.32 Å². The maximum absolute atomic E-state index is 13.2. The number of tetrazole rings is 1. The molecule has 5 nitrogen and oxygen atoms in total. The fourth-order valence-electron chi connectivity index (χ4n) is 2.11. The molecule has 0 saturated carbocycles. The van der Waals surface area contributed by atoms with Crippen LogP contribution in [-0.2, 0) is 12.7 Å². The summed E-state index contributed by atoms with van der Waals surface area (Å²) in [4.78, 5) is 1.38. The minimum Gasteiger partial charge on any atom is -0.355 e. The van der Waals surface area contributed by atoms with Crippen LogP contribution in [0.1, 0.15) is 5.56 Å². The van der Waals surface area contributed by atoms with E-state index >= 15 is 0 Å². The molecule has 3 rings (SSSR count). The van der Waals surface area contributed by atoms with Crippen LogP contribution in [0, 0.1) is 0 Å². The van der Waals surface area contributed by atoms with Crippen molar-refractivity contribution >= 4 is 20.6 Å². The first-order valence-electron chi connectivity index (χ1n) is 6.81. The molecule has 0 spiro atoms. The summed E-state index contributed by atoms with van der Waals surface area (Å²) < 4.78 is 26.4.